The van der Waals surface area contributed by atoms with Crippen molar-refractivity contribution in [3.8, 4) is 0 Å². The summed E-state index contributed by atoms with van der Waals surface area (Å²) >= 11 is 5.52. The van der Waals surface area contributed by atoms with Crippen LogP contribution in [0.3, 0.4) is 0 Å². The molecule has 3 amide bonds. The molecule has 17 heavy (non-hydrogen) atoms. The Morgan fingerprint density at radius 3 is 2.71 bits per heavy atom. The van der Waals surface area contributed by atoms with Gasteiger partial charge in [0.05, 0.1) is 6.26 Å². The first-order valence-electron chi connectivity index (χ1n) is 5.27. The molecule has 1 aromatic heterocycles. The SMILES string of the molecule is CC(Cc1ccco1)NC(=O)NC(=O)C(C)Cl. The lowest BCUT2D eigenvalue weighted by molar-refractivity contribution is -0.119. The average Bonchev–Trinajstić information content (AvgIpc) is 2.69. The summed E-state index contributed by atoms with van der Waals surface area (Å²) in [5, 5.41) is 4.02. The number of nitrogens with one attached hydrogen (secondary N) is 2. The molecule has 2 atom stereocenters. The van der Waals surface area contributed by atoms with Crippen molar-refractivity contribution in [3.05, 3.63) is 24.2 Å². The molecule has 0 spiro atoms. The van der Waals surface area contributed by atoms with E-state index in [0.717, 1.165) is 5.76 Å². The van der Waals surface area contributed by atoms with Crippen molar-refractivity contribution in [2.45, 2.75) is 31.7 Å². The minimum Gasteiger partial charge on any atom is -0.469 e. The first-order valence-corrected chi connectivity index (χ1v) is 5.70. The van der Waals surface area contributed by atoms with E-state index in [0.29, 0.717) is 6.42 Å². The maximum Gasteiger partial charge on any atom is 0.321 e. The highest BCUT2D eigenvalue weighted by Gasteiger charge is 2.15. The fourth-order valence-corrected chi connectivity index (χ4v) is 1.31. The van der Waals surface area contributed by atoms with Crippen molar-refractivity contribution in [3.63, 3.8) is 0 Å². The van der Waals surface area contributed by atoms with Gasteiger partial charge in [-0.2, -0.15) is 0 Å². The summed E-state index contributed by atoms with van der Waals surface area (Å²) < 4.78 is 5.15. The van der Waals surface area contributed by atoms with Gasteiger partial charge >= 0.3 is 6.03 Å². The summed E-state index contributed by atoms with van der Waals surface area (Å²) in [6.45, 7) is 3.31. The van der Waals surface area contributed by atoms with Crippen LogP contribution in [0.15, 0.2) is 22.8 Å². The van der Waals surface area contributed by atoms with E-state index in [1.165, 1.54) is 6.92 Å². The van der Waals surface area contributed by atoms with Crippen LogP contribution in [0.2, 0.25) is 0 Å². The van der Waals surface area contributed by atoms with Crippen LogP contribution in [-0.4, -0.2) is 23.4 Å². The van der Waals surface area contributed by atoms with Crippen molar-refractivity contribution in [2.75, 3.05) is 0 Å². The Hall–Kier alpha value is -1.49. The molecule has 0 bridgehead atoms. The zero-order valence-electron chi connectivity index (χ0n) is 9.70. The van der Waals surface area contributed by atoms with Gasteiger partial charge in [0.1, 0.15) is 11.1 Å². The standard InChI is InChI=1S/C11H15ClN2O3/c1-7(6-9-4-3-5-17-9)13-11(16)14-10(15)8(2)12/h3-5,7-8H,6H2,1-2H3,(H2,13,14,15,16). The number of rotatable bonds is 4. The number of urea groups is 1. The first-order chi connectivity index (χ1) is 7.99. The number of halogens is 1. The summed E-state index contributed by atoms with van der Waals surface area (Å²) in [5.74, 6) is 0.254. The number of carbonyl (C=O) groups excluding carboxylic acids is 2. The molecule has 5 nitrogen and oxygen atoms in total. The summed E-state index contributed by atoms with van der Waals surface area (Å²) in [7, 11) is 0. The van der Waals surface area contributed by atoms with Gasteiger partial charge < -0.3 is 9.73 Å². The van der Waals surface area contributed by atoms with E-state index >= 15 is 0 Å². The van der Waals surface area contributed by atoms with Crippen molar-refractivity contribution in [2.24, 2.45) is 0 Å². The van der Waals surface area contributed by atoms with Crippen LogP contribution in [-0.2, 0) is 11.2 Å². The smallest absolute Gasteiger partial charge is 0.321 e. The Kier molecular flexibility index (Phi) is 5.03. The molecule has 0 fully saturated rings. The van der Waals surface area contributed by atoms with Gasteiger partial charge in [-0.15, -0.1) is 11.6 Å². The molecule has 1 rings (SSSR count). The van der Waals surface area contributed by atoms with Gasteiger partial charge in [-0.3, -0.25) is 10.1 Å². The minimum atomic E-state index is -0.735. The summed E-state index contributed by atoms with van der Waals surface area (Å²) in [4.78, 5) is 22.5. The van der Waals surface area contributed by atoms with Crippen LogP contribution >= 0.6 is 11.6 Å². The lowest BCUT2D eigenvalue weighted by atomic mass is 10.2. The van der Waals surface area contributed by atoms with Crippen molar-refractivity contribution in [1.29, 1.82) is 0 Å². The number of amides is 3. The van der Waals surface area contributed by atoms with Crippen molar-refractivity contribution >= 4 is 23.5 Å². The number of hydrogen-bond acceptors (Lipinski definition) is 3. The molecule has 0 radical (unpaired) electrons. The molecule has 0 aliphatic rings. The number of alkyl halides is 1. The number of imide groups is 1. The third-order valence-electron chi connectivity index (χ3n) is 2.06. The monoisotopic (exact) mass is 258 g/mol. The molecule has 0 aliphatic carbocycles. The number of carbonyl (C=O) groups is 2. The van der Waals surface area contributed by atoms with Crippen LogP contribution in [0.4, 0.5) is 4.79 Å². The zero-order chi connectivity index (χ0) is 12.8. The highest BCUT2D eigenvalue weighted by atomic mass is 35.5. The summed E-state index contributed by atoms with van der Waals surface area (Å²) in [6, 6.07) is 2.91. The second-order valence-electron chi connectivity index (χ2n) is 3.76. The van der Waals surface area contributed by atoms with Crippen LogP contribution in [0.1, 0.15) is 19.6 Å². The van der Waals surface area contributed by atoms with E-state index in [2.05, 4.69) is 10.6 Å². The van der Waals surface area contributed by atoms with E-state index in [1.807, 2.05) is 13.0 Å². The highest BCUT2D eigenvalue weighted by Crippen LogP contribution is 2.03. The fraction of sp³-hybridized carbons (Fsp3) is 0.455. The van der Waals surface area contributed by atoms with Gasteiger partial charge in [-0.1, -0.05) is 0 Å². The zero-order valence-corrected chi connectivity index (χ0v) is 10.5. The average molecular weight is 259 g/mol. The Balaban J connectivity index is 2.33. The van der Waals surface area contributed by atoms with Gasteiger partial charge in [0, 0.05) is 12.5 Å². The lowest BCUT2D eigenvalue weighted by Gasteiger charge is -2.13. The lowest BCUT2D eigenvalue weighted by Crippen LogP contribution is -2.46. The van der Waals surface area contributed by atoms with Gasteiger partial charge in [0.15, 0.2) is 0 Å². The molecular weight excluding hydrogens is 244 g/mol. The van der Waals surface area contributed by atoms with Crippen molar-refractivity contribution in [1.82, 2.24) is 10.6 Å². The van der Waals surface area contributed by atoms with E-state index in [1.54, 1.807) is 12.3 Å². The molecule has 1 heterocycles. The van der Waals surface area contributed by atoms with Crippen LogP contribution < -0.4 is 10.6 Å². The largest absolute Gasteiger partial charge is 0.469 e. The highest BCUT2D eigenvalue weighted by molar-refractivity contribution is 6.31. The fourth-order valence-electron chi connectivity index (χ4n) is 1.25. The predicted molar refractivity (Wildman–Crippen MR) is 63.9 cm³/mol. The quantitative estimate of drug-likeness (QED) is 0.807. The third kappa shape index (κ3) is 4.91. The third-order valence-corrected chi connectivity index (χ3v) is 2.26. The topological polar surface area (TPSA) is 71.3 Å². The van der Waals surface area contributed by atoms with E-state index in [-0.39, 0.29) is 6.04 Å². The predicted octanol–water partition coefficient (Wildman–Crippen LogP) is 1.66. The molecule has 6 heteroatoms. The minimum absolute atomic E-state index is 0.139. The molecule has 0 saturated heterocycles. The van der Waals surface area contributed by atoms with E-state index < -0.39 is 17.3 Å². The van der Waals surface area contributed by atoms with Crippen LogP contribution in [0.5, 0.6) is 0 Å². The molecule has 0 aliphatic heterocycles. The molecular formula is C11H15ClN2O3. The van der Waals surface area contributed by atoms with Gasteiger partial charge in [-0.25, -0.2) is 4.79 Å². The van der Waals surface area contributed by atoms with Crippen LogP contribution in [0, 0.1) is 0 Å². The van der Waals surface area contributed by atoms with Crippen molar-refractivity contribution < 1.29 is 14.0 Å². The summed E-state index contributed by atoms with van der Waals surface area (Å²) in [6.07, 6.45) is 2.13. The molecule has 94 valence electrons. The Morgan fingerprint density at radius 1 is 1.47 bits per heavy atom. The Morgan fingerprint density at radius 2 is 2.18 bits per heavy atom. The molecule has 2 N–H and O–H groups in total. The Bertz CT molecular complexity index is 376. The molecule has 0 aromatic carbocycles. The maximum atomic E-state index is 11.4. The van der Waals surface area contributed by atoms with E-state index in [4.69, 9.17) is 16.0 Å². The Labute approximate surface area is 105 Å². The summed E-state index contributed by atoms with van der Waals surface area (Å²) in [5.41, 5.74) is 0. The number of hydrogen-bond donors (Lipinski definition) is 2. The van der Waals surface area contributed by atoms with Gasteiger partial charge in [-0.05, 0) is 26.0 Å². The van der Waals surface area contributed by atoms with Gasteiger partial charge in [0.2, 0.25) is 5.91 Å². The maximum absolute atomic E-state index is 11.4. The number of furan rings is 1. The second kappa shape index (κ2) is 6.30. The normalized spacial score (nSPS) is 13.8. The second-order valence-corrected chi connectivity index (χ2v) is 4.42. The van der Waals surface area contributed by atoms with Crippen LogP contribution in [0.25, 0.3) is 0 Å². The molecule has 0 saturated carbocycles. The van der Waals surface area contributed by atoms with E-state index in [9.17, 15) is 9.59 Å². The molecule has 1 aromatic rings. The molecule has 2 unspecified atom stereocenters. The van der Waals surface area contributed by atoms with Gasteiger partial charge in [0.25, 0.3) is 0 Å². The first kappa shape index (κ1) is 13.6.